The normalized spacial score (nSPS) is 30.2. The minimum Gasteiger partial charge on any atom is -0.380 e. The number of ether oxygens (including phenoxy) is 4. The van der Waals surface area contributed by atoms with Gasteiger partial charge in [-0.1, -0.05) is 17.1 Å². The lowest BCUT2D eigenvalue weighted by Crippen LogP contribution is -2.62. The number of benzene rings is 1. The van der Waals surface area contributed by atoms with Crippen LogP contribution in [0.4, 0.5) is 22.0 Å². The summed E-state index contributed by atoms with van der Waals surface area (Å²) in [4.78, 5) is 0. The zero-order chi connectivity index (χ0) is 29.5. The van der Waals surface area contributed by atoms with Gasteiger partial charge in [0.05, 0.1) is 18.9 Å². The molecule has 2 aromatic rings. The summed E-state index contributed by atoms with van der Waals surface area (Å²) in [5, 5.41) is 19.0. The summed E-state index contributed by atoms with van der Waals surface area (Å²) in [6.07, 6.45) is -2.27. The molecule has 1 N–H and O–H groups in total. The highest BCUT2D eigenvalue weighted by molar-refractivity contribution is 5.58. The summed E-state index contributed by atoms with van der Waals surface area (Å²) in [5.74, 6) is -2.45. The zero-order valence-electron chi connectivity index (χ0n) is 22.8. The van der Waals surface area contributed by atoms with Crippen LogP contribution in [0.1, 0.15) is 52.0 Å². The number of hydrogen-bond acceptors (Lipinski definition) is 7. The van der Waals surface area contributed by atoms with Crippen molar-refractivity contribution in [3.8, 4) is 23.1 Å². The van der Waals surface area contributed by atoms with Gasteiger partial charge in [-0.15, -0.1) is 5.10 Å². The molecule has 1 aromatic carbocycles. The van der Waals surface area contributed by atoms with Crippen molar-refractivity contribution in [2.45, 2.75) is 94.2 Å². The molecule has 8 nitrogen and oxygen atoms in total. The summed E-state index contributed by atoms with van der Waals surface area (Å²) in [6, 6.07) is 0.975. The molecule has 2 unspecified atom stereocenters. The predicted molar refractivity (Wildman–Crippen MR) is 134 cm³/mol. The SMILES string of the molecule is CO[C@@H]1C(n2cc(-c3cc(F)c(F)c(F)c3)nn2)[C@H]2OC(C)(C)OC[C@H]2O[C@@H]1CC(O)C#CC1CCC(F)(F)CC1. The molecule has 1 saturated carbocycles. The van der Waals surface area contributed by atoms with Crippen LogP contribution in [0, 0.1) is 35.2 Å². The first-order valence-electron chi connectivity index (χ1n) is 13.5. The van der Waals surface area contributed by atoms with Crippen molar-refractivity contribution in [1.82, 2.24) is 15.0 Å². The van der Waals surface area contributed by atoms with Gasteiger partial charge in [0.1, 0.15) is 36.2 Å². The average Bonchev–Trinajstić information content (AvgIpc) is 3.40. The molecule has 3 heterocycles. The van der Waals surface area contributed by atoms with Gasteiger partial charge < -0.3 is 24.1 Å². The molecule has 2 saturated heterocycles. The number of alkyl halides is 2. The Morgan fingerprint density at radius 2 is 1.85 bits per heavy atom. The van der Waals surface area contributed by atoms with Crippen LogP contribution in [0.5, 0.6) is 0 Å². The number of hydrogen-bond donors (Lipinski definition) is 1. The maximum absolute atomic E-state index is 13.9. The van der Waals surface area contributed by atoms with Crippen LogP contribution in [-0.2, 0) is 18.9 Å². The van der Waals surface area contributed by atoms with Crippen molar-refractivity contribution in [3.63, 3.8) is 0 Å². The van der Waals surface area contributed by atoms with Crippen molar-refractivity contribution >= 4 is 0 Å². The number of fused-ring (bicyclic) bond motifs is 1. The number of methoxy groups -OCH3 is 1. The second kappa shape index (κ2) is 11.6. The molecular weight excluding hydrogens is 553 g/mol. The third-order valence-electron chi connectivity index (χ3n) is 7.77. The van der Waals surface area contributed by atoms with Gasteiger partial charge in [0.2, 0.25) is 5.92 Å². The van der Waals surface area contributed by atoms with E-state index < -0.39 is 65.7 Å². The molecule has 3 fully saturated rings. The highest BCUT2D eigenvalue weighted by Crippen LogP contribution is 2.41. The lowest BCUT2D eigenvalue weighted by Gasteiger charge is -2.51. The number of aliphatic hydroxyl groups excluding tert-OH is 1. The average molecular weight is 586 g/mol. The Bertz CT molecular complexity index is 1280. The summed E-state index contributed by atoms with van der Waals surface area (Å²) < 4.78 is 93.8. The number of aliphatic hydroxyl groups is 1. The molecule has 1 aromatic heterocycles. The first kappa shape index (κ1) is 29.8. The highest BCUT2D eigenvalue weighted by atomic mass is 19.3. The van der Waals surface area contributed by atoms with Gasteiger partial charge in [-0.25, -0.2) is 26.6 Å². The molecule has 0 spiro atoms. The van der Waals surface area contributed by atoms with E-state index >= 15 is 0 Å². The quantitative estimate of drug-likeness (QED) is 0.316. The molecule has 5 rings (SSSR count). The first-order chi connectivity index (χ1) is 19.4. The van der Waals surface area contributed by atoms with Crippen LogP contribution in [0.25, 0.3) is 11.3 Å². The minimum absolute atomic E-state index is 0.0128. The van der Waals surface area contributed by atoms with E-state index in [1.54, 1.807) is 13.8 Å². The molecule has 41 heavy (non-hydrogen) atoms. The van der Waals surface area contributed by atoms with Gasteiger partial charge >= 0.3 is 0 Å². The van der Waals surface area contributed by atoms with E-state index in [0.29, 0.717) is 0 Å². The maximum atomic E-state index is 13.9. The highest BCUT2D eigenvalue weighted by Gasteiger charge is 2.53. The van der Waals surface area contributed by atoms with Crippen LogP contribution >= 0.6 is 0 Å². The Morgan fingerprint density at radius 1 is 1.17 bits per heavy atom. The van der Waals surface area contributed by atoms with Gasteiger partial charge in [0, 0.05) is 37.9 Å². The second-order valence-corrected chi connectivity index (χ2v) is 11.2. The standard InChI is InChI=1S/C28H32F5N3O5/c1-27(2)39-14-22-26(41-27)24(36-13-20(34-35-36)16-10-18(29)23(31)19(30)11-16)25(38-3)21(40-22)12-17(37)5-4-15-6-8-28(32,33)9-7-15/h10-11,13,15,17,21-22,24-26,37H,6-9,12,14H2,1-3H3/t17?,21-,22-,24?,25+,26+/m1/s1. The Kier molecular flexibility index (Phi) is 8.42. The van der Waals surface area contributed by atoms with E-state index in [1.807, 2.05) is 0 Å². The van der Waals surface area contributed by atoms with E-state index in [2.05, 4.69) is 22.2 Å². The fourth-order valence-corrected chi connectivity index (χ4v) is 5.65. The van der Waals surface area contributed by atoms with Gasteiger partial charge in [0.25, 0.3) is 0 Å². The first-order valence-corrected chi connectivity index (χ1v) is 13.5. The van der Waals surface area contributed by atoms with Gasteiger partial charge in [-0.3, -0.25) is 0 Å². The third kappa shape index (κ3) is 6.57. The number of halogens is 5. The Morgan fingerprint density at radius 3 is 2.51 bits per heavy atom. The topological polar surface area (TPSA) is 87.9 Å². The summed E-state index contributed by atoms with van der Waals surface area (Å²) in [6.45, 7) is 3.64. The summed E-state index contributed by atoms with van der Waals surface area (Å²) in [5.41, 5.74) is 0.0775. The molecular formula is C28H32F5N3O5. The Labute approximate surface area is 234 Å². The minimum atomic E-state index is -2.66. The fourth-order valence-electron chi connectivity index (χ4n) is 5.65. The van der Waals surface area contributed by atoms with Crippen LogP contribution in [-0.4, -0.2) is 76.0 Å². The van der Waals surface area contributed by atoms with Crippen molar-refractivity contribution in [3.05, 3.63) is 35.8 Å². The Hall–Kier alpha value is -2.63. The van der Waals surface area contributed by atoms with E-state index in [0.717, 1.165) is 12.1 Å². The van der Waals surface area contributed by atoms with Crippen molar-refractivity contribution in [1.29, 1.82) is 0 Å². The molecule has 6 atom stereocenters. The molecule has 13 heteroatoms. The fraction of sp³-hybridized carbons (Fsp3) is 0.643. The largest absolute Gasteiger partial charge is 0.380 e. The second-order valence-electron chi connectivity index (χ2n) is 11.2. The molecule has 224 valence electrons. The van der Waals surface area contributed by atoms with Crippen molar-refractivity contribution in [2.75, 3.05) is 13.7 Å². The van der Waals surface area contributed by atoms with Crippen LogP contribution in [0.2, 0.25) is 0 Å². The van der Waals surface area contributed by atoms with E-state index in [4.69, 9.17) is 18.9 Å². The van der Waals surface area contributed by atoms with Crippen LogP contribution in [0.15, 0.2) is 18.3 Å². The summed E-state index contributed by atoms with van der Waals surface area (Å²) in [7, 11) is 1.46. The van der Waals surface area contributed by atoms with Crippen molar-refractivity contribution < 1.29 is 46.0 Å². The van der Waals surface area contributed by atoms with E-state index in [-0.39, 0.29) is 55.9 Å². The lowest BCUT2D eigenvalue weighted by molar-refractivity contribution is -0.350. The van der Waals surface area contributed by atoms with Gasteiger partial charge in [-0.2, -0.15) is 0 Å². The molecule has 3 aliphatic rings. The monoisotopic (exact) mass is 585 g/mol. The maximum Gasteiger partial charge on any atom is 0.248 e. The van der Waals surface area contributed by atoms with Crippen LogP contribution in [0.3, 0.4) is 0 Å². The lowest BCUT2D eigenvalue weighted by atomic mass is 9.86. The molecule has 0 amide bonds. The molecule has 0 radical (unpaired) electrons. The molecule has 1 aliphatic carbocycles. The predicted octanol–water partition coefficient (Wildman–Crippen LogP) is 4.42. The zero-order valence-corrected chi connectivity index (χ0v) is 22.8. The van der Waals surface area contributed by atoms with Crippen LogP contribution < -0.4 is 0 Å². The molecule has 2 aliphatic heterocycles. The van der Waals surface area contributed by atoms with Crippen molar-refractivity contribution in [2.24, 2.45) is 5.92 Å². The van der Waals surface area contributed by atoms with E-state index in [1.165, 1.54) is 18.0 Å². The molecule has 0 bridgehead atoms. The third-order valence-corrected chi connectivity index (χ3v) is 7.77. The Balaban J connectivity index is 1.39. The number of aromatic nitrogens is 3. The number of rotatable bonds is 5. The summed E-state index contributed by atoms with van der Waals surface area (Å²) >= 11 is 0. The van der Waals surface area contributed by atoms with E-state index in [9.17, 15) is 27.1 Å². The van der Waals surface area contributed by atoms with Gasteiger partial charge in [-0.05, 0) is 38.8 Å². The smallest absolute Gasteiger partial charge is 0.248 e. The number of nitrogens with zero attached hydrogens (tertiary/aromatic N) is 3. The van der Waals surface area contributed by atoms with Gasteiger partial charge in [0.15, 0.2) is 23.2 Å².